The molecule has 12 nitrogen and oxygen atoms in total. The number of methoxy groups -OCH3 is 4. The Morgan fingerprint density at radius 3 is 2.32 bits per heavy atom. The van der Waals surface area contributed by atoms with Crippen molar-refractivity contribution in [2.75, 3.05) is 38.9 Å². The zero-order chi connectivity index (χ0) is 26.6. The van der Waals surface area contributed by atoms with Gasteiger partial charge in [-0.1, -0.05) is 23.7 Å². The maximum absolute atomic E-state index is 13.3. The highest BCUT2D eigenvalue weighted by Gasteiger charge is 2.28. The normalized spacial score (nSPS) is 12.2. The van der Waals surface area contributed by atoms with Gasteiger partial charge in [-0.25, -0.2) is 18.4 Å². The third kappa shape index (κ3) is 5.77. The minimum absolute atomic E-state index is 0.116. The maximum atomic E-state index is 13.3. The lowest BCUT2D eigenvalue weighted by molar-refractivity contribution is 0.121. The summed E-state index contributed by atoms with van der Waals surface area (Å²) in [5.74, 6) is 0.762. The first-order valence-corrected chi connectivity index (χ1v) is 13.5. The number of hydrogen-bond donors (Lipinski definition) is 1. The molecule has 0 saturated heterocycles. The van der Waals surface area contributed by atoms with Crippen LogP contribution >= 0.6 is 22.9 Å². The molecule has 0 aliphatic rings. The zero-order valence-corrected chi connectivity index (χ0v) is 22.6. The standard InChI is InChI=1S/C22H23ClN6O6S2/c1-32-14-8-6-9-15(33-2)19(14)29-20(13-7-5-10-18(25-13)35-4)26-27-22(29)28-37(30,31)12-16(34-3)21-24-11-17(23)36-21/h5-11,16H,12H2,1-4H3,(H,27,28). The van der Waals surface area contributed by atoms with Crippen molar-refractivity contribution in [2.45, 2.75) is 6.10 Å². The number of benzene rings is 1. The van der Waals surface area contributed by atoms with E-state index in [1.54, 1.807) is 36.4 Å². The second kappa shape index (κ2) is 11.3. The number of sulfonamides is 1. The SMILES string of the molecule is COc1cccc(-c2nnc(NS(=O)(=O)CC(OC)c3ncc(Cl)s3)n2-c2c(OC)cccc2OC)n1. The molecule has 1 unspecified atom stereocenters. The Bertz CT molecular complexity index is 1470. The van der Waals surface area contributed by atoms with Crippen LogP contribution in [0, 0.1) is 0 Å². The van der Waals surface area contributed by atoms with Crippen LogP contribution in [0.15, 0.2) is 42.6 Å². The van der Waals surface area contributed by atoms with Gasteiger partial charge in [-0.3, -0.25) is 9.29 Å². The lowest BCUT2D eigenvalue weighted by Crippen LogP contribution is -2.24. The van der Waals surface area contributed by atoms with Crippen molar-refractivity contribution in [3.05, 3.63) is 51.9 Å². The van der Waals surface area contributed by atoms with Gasteiger partial charge in [0, 0.05) is 13.2 Å². The molecule has 3 aromatic heterocycles. The number of pyridine rings is 1. The fraction of sp³-hybridized carbons (Fsp3) is 0.273. The fourth-order valence-electron chi connectivity index (χ4n) is 3.47. The van der Waals surface area contributed by atoms with Crippen LogP contribution in [0.1, 0.15) is 11.1 Å². The number of ether oxygens (including phenoxy) is 4. The molecule has 4 aromatic rings. The second-order valence-corrected chi connectivity index (χ2v) is 10.8. The summed E-state index contributed by atoms with van der Waals surface area (Å²) < 4.78 is 52.6. The molecule has 0 amide bonds. The number of rotatable bonds is 11. The van der Waals surface area contributed by atoms with E-state index in [0.717, 1.165) is 11.3 Å². The molecule has 0 fully saturated rings. The van der Waals surface area contributed by atoms with Crippen LogP contribution in [-0.2, 0) is 14.8 Å². The van der Waals surface area contributed by atoms with Crippen molar-refractivity contribution < 1.29 is 27.4 Å². The van der Waals surface area contributed by atoms with Gasteiger partial charge in [0.25, 0.3) is 0 Å². The molecule has 0 aliphatic carbocycles. The van der Waals surface area contributed by atoms with Gasteiger partial charge >= 0.3 is 0 Å². The summed E-state index contributed by atoms with van der Waals surface area (Å²) in [6.07, 6.45) is 0.581. The van der Waals surface area contributed by atoms with E-state index in [0.29, 0.717) is 38.1 Å². The van der Waals surface area contributed by atoms with Crippen molar-refractivity contribution >= 4 is 38.9 Å². The zero-order valence-electron chi connectivity index (χ0n) is 20.2. The third-order valence-corrected chi connectivity index (χ3v) is 7.57. The molecule has 0 radical (unpaired) electrons. The molecular formula is C22H23ClN6O6S2. The van der Waals surface area contributed by atoms with Gasteiger partial charge in [-0.05, 0) is 18.2 Å². The molecule has 15 heteroatoms. The molecule has 0 bridgehead atoms. The van der Waals surface area contributed by atoms with E-state index in [-0.39, 0.29) is 11.8 Å². The quantitative estimate of drug-likeness (QED) is 0.286. The van der Waals surface area contributed by atoms with Crippen LogP contribution in [0.25, 0.3) is 17.2 Å². The highest BCUT2D eigenvalue weighted by atomic mass is 35.5. The smallest absolute Gasteiger partial charge is 0.243 e. The predicted molar refractivity (Wildman–Crippen MR) is 139 cm³/mol. The van der Waals surface area contributed by atoms with Crippen LogP contribution in [0.2, 0.25) is 4.34 Å². The van der Waals surface area contributed by atoms with E-state index < -0.39 is 21.9 Å². The Balaban J connectivity index is 1.83. The number of anilines is 1. The number of halogens is 1. The molecule has 1 aromatic carbocycles. The van der Waals surface area contributed by atoms with Crippen molar-refractivity contribution in [1.29, 1.82) is 0 Å². The largest absolute Gasteiger partial charge is 0.494 e. The lowest BCUT2D eigenvalue weighted by Gasteiger charge is -2.18. The number of thiazole rings is 1. The molecule has 3 heterocycles. The van der Waals surface area contributed by atoms with Crippen LogP contribution in [0.5, 0.6) is 17.4 Å². The monoisotopic (exact) mass is 566 g/mol. The first-order chi connectivity index (χ1) is 17.8. The van der Waals surface area contributed by atoms with Crippen LogP contribution in [0.4, 0.5) is 5.95 Å². The summed E-state index contributed by atoms with van der Waals surface area (Å²) >= 11 is 7.10. The predicted octanol–water partition coefficient (Wildman–Crippen LogP) is 3.59. The maximum Gasteiger partial charge on any atom is 0.243 e. The molecule has 0 aliphatic heterocycles. The van der Waals surface area contributed by atoms with Crippen molar-refractivity contribution in [1.82, 2.24) is 24.7 Å². The molecule has 0 spiro atoms. The molecule has 37 heavy (non-hydrogen) atoms. The number of hydrogen-bond acceptors (Lipinski definition) is 11. The van der Waals surface area contributed by atoms with E-state index in [1.165, 1.54) is 39.2 Å². The number of aromatic nitrogens is 5. The fourth-order valence-corrected chi connectivity index (χ4v) is 5.77. The number of nitrogens with one attached hydrogen (secondary N) is 1. The topological polar surface area (TPSA) is 140 Å². The molecular weight excluding hydrogens is 544 g/mol. The van der Waals surface area contributed by atoms with Crippen LogP contribution in [-0.4, -0.2) is 67.3 Å². The Morgan fingerprint density at radius 1 is 1.03 bits per heavy atom. The summed E-state index contributed by atoms with van der Waals surface area (Å²) in [5, 5.41) is 8.78. The number of nitrogens with zero attached hydrogens (tertiary/aromatic N) is 5. The van der Waals surface area contributed by atoms with E-state index in [1.807, 2.05) is 0 Å². The molecule has 196 valence electrons. The van der Waals surface area contributed by atoms with Crippen molar-refractivity contribution in [3.8, 4) is 34.6 Å². The summed E-state index contributed by atoms with van der Waals surface area (Å²) in [4.78, 5) is 8.56. The van der Waals surface area contributed by atoms with E-state index in [2.05, 4.69) is 24.9 Å². The lowest BCUT2D eigenvalue weighted by atomic mass is 10.2. The minimum Gasteiger partial charge on any atom is -0.494 e. The average molecular weight is 567 g/mol. The summed E-state index contributed by atoms with van der Waals surface area (Å²) in [6.45, 7) is 0. The first-order valence-electron chi connectivity index (χ1n) is 10.6. The van der Waals surface area contributed by atoms with Gasteiger partial charge < -0.3 is 18.9 Å². The number of para-hydroxylation sites is 1. The van der Waals surface area contributed by atoms with Gasteiger partial charge in [-0.2, -0.15) is 0 Å². The van der Waals surface area contributed by atoms with Crippen LogP contribution in [0.3, 0.4) is 0 Å². The van der Waals surface area contributed by atoms with Gasteiger partial charge in [0.1, 0.15) is 44.1 Å². The van der Waals surface area contributed by atoms with E-state index in [9.17, 15) is 8.42 Å². The minimum atomic E-state index is -4.04. The summed E-state index contributed by atoms with van der Waals surface area (Å²) in [7, 11) is 1.81. The summed E-state index contributed by atoms with van der Waals surface area (Å²) in [6, 6.07) is 10.2. The molecule has 0 saturated carbocycles. The van der Waals surface area contributed by atoms with Gasteiger partial charge in [0.05, 0.1) is 27.5 Å². The van der Waals surface area contributed by atoms with Gasteiger partial charge in [0.15, 0.2) is 5.82 Å². The Kier molecular flexibility index (Phi) is 8.12. The molecule has 1 N–H and O–H groups in total. The Morgan fingerprint density at radius 2 is 1.73 bits per heavy atom. The van der Waals surface area contributed by atoms with Gasteiger partial charge in [-0.15, -0.1) is 21.5 Å². The molecule has 4 rings (SSSR count). The summed E-state index contributed by atoms with van der Waals surface area (Å²) in [5.41, 5.74) is 0.738. The van der Waals surface area contributed by atoms with Crippen LogP contribution < -0.4 is 18.9 Å². The van der Waals surface area contributed by atoms with Gasteiger partial charge in [0.2, 0.25) is 21.9 Å². The average Bonchev–Trinajstić information content (AvgIpc) is 3.52. The highest BCUT2D eigenvalue weighted by Crippen LogP contribution is 2.38. The molecule has 1 atom stereocenters. The highest BCUT2D eigenvalue weighted by molar-refractivity contribution is 7.92. The Labute approximate surface area is 222 Å². The third-order valence-electron chi connectivity index (χ3n) is 5.12. The van der Waals surface area contributed by atoms with Crippen molar-refractivity contribution in [3.63, 3.8) is 0 Å². The van der Waals surface area contributed by atoms with E-state index >= 15 is 0 Å². The Hall–Kier alpha value is -3.46. The first kappa shape index (κ1) is 26.6. The second-order valence-electron chi connectivity index (χ2n) is 7.37. The van der Waals surface area contributed by atoms with E-state index in [4.69, 9.17) is 30.5 Å². The van der Waals surface area contributed by atoms with Crippen molar-refractivity contribution in [2.24, 2.45) is 0 Å².